The third kappa shape index (κ3) is 4.37. The molecular weight excluding hydrogens is 409 g/mol. The van der Waals surface area contributed by atoms with Crippen molar-refractivity contribution >= 4 is 10.9 Å². The molecule has 0 bridgehead atoms. The number of nitrogens with one attached hydrogen (secondary N) is 1. The summed E-state index contributed by atoms with van der Waals surface area (Å²) in [4.78, 5) is 19.6. The molecule has 4 rings (SSSR count). The number of aromatic amines is 1. The van der Waals surface area contributed by atoms with E-state index in [0.717, 1.165) is 12.1 Å². The van der Waals surface area contributed by atoms with Crippen LogP contribution in [0.25, 0.3) is 22.3 Å². The Balaban J connectivity index is 1.65. The lowest BCUT2D eigenvalue weighted by atomic mass is 10.1. The third-order valence-corrected chi connectivity index (χ3v) is 4.70. The second kappa shape index (κ2) is 8.14. The first-order valence-electron chi connectivity index (χ1n) is 9.31. The number of ether oxygens (including phenoxy) is 2. The number of halogens is 3. The number of H-pyrrole nitrogens is 1. The molecule has 8 heteroatoms. The number of fused-ring (bicyclic) bond motifs is 1. The molecule has 0 atom stereocenters. The fourth-order valence-electron chi connectivity index (χ4n) is 3.16. The molecule has 0 amide bonds. The van der Waals surface area contributed by atoms with Crippen molar-refractivity contribution in [2.24, 2.45) is 0 Å². The average Bonchev–Trinajstić information content (AvgIpc) is 2.77. The highest BCUT2D eigenvalue weighted by atomic mass is 19.4. The highest BCUT2D eigenvalue weighted by molar-refractivity contribution is 5.79. The van der Waals surface area contributed by atoms with Crippen LogP contribution in [0.3, 0.4) is 0 Å². The number of rotatable bonds is 5. The van der Waals surface area contributed by atoms with Crippen LogP contribution in [-0.4, -0.2) is 17.1 Å². The standard InChI is InChI=1S/C23H17F3N2O3/c1-30-19-10-9-15(21-27-18-8-3-2-7-17(18)22(29)28-21)12-20(19)31-13-14-5-4-6-16(11-14)23(24,25)26/h2-12H,13H2,1H3,(H,27,28,29). The van der Waals surface area contributed by atoms with Crippen molar-refractivity contribution in [1.82, 2.24) is 9.97 Å². The molecule has 0 radical (unpaired) electrons. The van der Waals surface area contributed by atoms with Crippen LogP contribution >= 0.6 is 0 Å². The van der Waals surface area contributed by atoms with Crippen LogP contribution in [0.4, 0.5) is 13.2 Å². The van der Waals surface area contributed by atoms with Gasteiger partial charge in [0.1, 0.15) is 12.4 Å². The Morgan fingerprint density at radius 1 is 0.968 bits per heavy atom. The Bertz CT molecular complexity index is 1300. The summed E-state index contributed by atoms with van der Waals surface area (Å²) in [6.07, 6.45) is -4.43. The van der Waals surface area contributed by atoms with E-state index in [1.165, 1.54) is 13.2 Å². The highest BCUT2D eigenvalue weighted by Crippen LogP contribution is 2.33. The van der Waals surface area contributed by atoms with Gasteiger partial charge in [-0.25, -0.2) is 4.98 Å². The second-order valence-electron chi connectivity index (χ2n) is 6.78. The average molecular weight is 426 g/mol. The Kier molecular flexibility index (Phi) is 5.37. The van der Waals surface area contributed by atoms with Gasteiger partial charge in [-0.05, 0) is 48.0 Å². The first kappa shape index (κ1) is 20.5. The van der Waals surface area contributed by atoms with E-state index < -0.39 is 11.7 Å². The van der Waals surface area contributed by atoms with Crippen LogP contribution in [0.2, 0.25) is 0 Å². The van der Waals surface area contributed by atoms with Crippen LogP contribution in [0, 0.1) is 0 Å². The summed E-state index contributed by atoms with van der Waals surface area (Å²) in [5, 5.41) is 0.473. The summed E-state index contributed by atoms with van der Waals surface area (Å²) in [7, 11) is 1.46. The SMILES string of the molecule is COc1ccc(-c2nc3ccccc3c(=O)[nH]2)cc1OCc1cccc(C(F)(F)F)c1. The first-order chi connectivity index (χ1) is 14.8. The van der Waals surface area contributed by atoms with Gasteiger partial charge in [0.2, 0.25) is 0 Å². The number of methoxy groups -OCH3 is 1. The maximum absolute atomic E-state index is 12.9. The number of alkyl halides is 3. The molecule has 1 heterocycles. The van der Waals surface area contributed by atoms with Crippen LogP contribution in [0.5, 0.6) is 11.5 Å². The third-order valence-electron chi connectivity index (χ3n) is 4.70. The normalized spacial score (nSPS) is 11.5. The van der Waals surface area contributed by atoms with Gasteiger partial charge in [0, 0.05) is 5.56 Å². The van der Waals surface area contributed by atoms with E-state index in [4.69, 9.17) is 9.47 Å². The fourth-order valence-corrected chi connectivity index (χ4v) is 3.16. The van der Waals surface area contributed by atoms with Crippen molar-refractivity contribution in [3.63, 3.8) is 0 Å². The van der Waals surface area contributed by atoms with Crippen LogP contribution in [-0.2, 0) is 12.8 Å². The zero-order chi connectivity index (χ0) is 22.0. The van der Waals surface area contributed by atoms with Crippen molar-refractivity contribution in [2.45, 2.75) is 12.8 Å². The Morgan fingerprint density at radius 2 is 1.77 bits per heavy atom. The number of nitrogens with zero attached hydrogens (tertiary/aromatic N) is 1. The van der Waals surface area contributed by atoms with E-state index in [2.05, 4.69) is 9.97 Å². The minimum Gasteiger partial charge on any atom is -0.493 e. The van der Waals surface area contributed by atoms with E-state index in [1.54, 1.807) is 48.5 Å². The Labute approximate surface area is 175 Å². The van der Waals surface area contributed by atoms with Gasteiger partial charge in [-0.1, -0.05) is 24.3 Å². The van der Waals surface area contributed by atoms with Gasteiger partial charge in [-0.2, -0.15) is 13.2 Å². The van der Waals surface area contributed by atoms with Gasteiger partial charge >= 0.3 is 6.18 Å². The minimum atomic E-state index is -4.43. The number of para-hydroxylation sites is 1. The molecule has 0 unspecified atom stereocenters. The molecule has 3 aromatic carbocycles. The van der Waals surface area contributed by atoms with Crippen LogP contribution < -0.4 is 15.0 Å². The lowest BCUT2D eigenvalue weighted by molar-refractivity contribution is -0.137. The van der Waals surface area contributed by atoms with Crippen molar-refractivity contribution in [3.8, 4) is 22.9 Å². The number of benzene rings is 3. The van der Waals surface area contributed by atoms with Gasteiger partial charge in [0.15, 0.2) is 11.5 Å². The van der Waals surface area contributed by atoms with E-state index in [1.807, 2.05) is 0 Å². The zero-order valence-corrected chi connectivity index (χ0v) is 16.4. The highest BCUT2D eigenvalue weighted by Gasteiger charge is 2.30. The van der Waals surface area contributed by atoms with Crippen molar-refractivity contribution in [2.75, 3.05) is 7.11 Å². The summed E-state index contributed by atoms with van der Waals surface area (Å²) in [6, 6.07) is 16.9. The summed E-state index contributed by atoms with van der Waals surface area (Å²) in [5.41, 5.74) is 0.459. The van der Waals surface area contributed by atoms with Gasteiger partial charge < -0.3 is 14.5 Å². The fraction of sp³-hybridized carbons (Fsp3) is 0.130. The Morgan fingerprint density at radius 3 is 2.55 bits per heavy atom. The molecule has 0 saturated carbocycles. The molecule has 0 saturated heterocycles. The number of hydrogen-bond donors (Lipinski definition) is 1. The van der Waals surface area contributed by atoms with Crippen molar-refractivity contribution < 1.29 is 22.6 Å². The molecule has 1 N–H and O–H groups in total. The number of hydrogen-bond acceptors (Lipinski definition) is 4. The summed E-state index contributed by atoms with van der Waals surface area (Å²) in [5.74, 6) is 1.06. The molecule has 4 aromatic rings. The van der Waals surface area contributed by atoms with Gasteiger partial charge in [-0.15, -0.1) is 0 Å². The second-order valence-corrected chi connectivity index (χ2v) is 6.78. The van der Waals surface area contributed by atoms with E-state index in [-0.39, 0.29) is 12.2 Å². The van der Waals surface area contributed by atoms with Gasteiger partial charge in [0.05, 0.1) is 23.6 Å². The lowest BCUT2D eigenvalue weighted by Crippen LogP contribution is -2.09. The summed E-state index contributed by atoms with van der Waals surface area (Å²) >= 11 is 0. The first-order valence-corrected chi connectivity index (χ1v) is 9.31. The van der Waals surface area contributed by atoms with Gasteiger partial charge in [0.25, 0.3) is 5.56 Å². The summed E-state index contributed by atoms with van der Waals surface area (Å²) < 4.78 is 49.9. The van der Waals surface area contributed by atoms with E-state index >= 15 is 0 Å². The quantitative estimate of drug-likeness (QED) is 0.477. The molecule has 0 spiro atoms. The molecule has 5 nitrogen and oxygen atoms in total. The number of aromatic nitrogens is 2. The maximum Gasteiger partial charge on any atom is 0.416 e. The van der Waals surface area contributed by atoms with Crippen molar-refractivity contribution in [1.29, 1.82) is 0 Å². The van der Waals surface area contributed by atoms with Gasteiger partial charge in [-0.3, -0.25) is 4.79 Å². The maximum atomic E-state index is 12.9. The van der Waals surface area contributed by atoms with Crippen LogP contribution in [0.1, 0.15) is 11.1 Å². The molecule has 0 fully saturated rings. The Hall–Kier alpha value is -3.81. The van der Waals surface area contributed by atoms with E-state index in [9.17, 15) is 18.0 Å². The molecule has 0 aliphatic heterocycles. The smallest absolute Gasteiger partial charge is 0.416 e. The van der Waals surface area contributed by atoms with Crippen molar-refractivity contribution in [3.05, 3.63) is 88.2 Å². The molecule has 1 aromatic heterocycles. The van der Waals surface area contributed by atoms with Crippen LogP contribution in [0.15, 0.2) is 71.5 Å². The van der Waals surface area contributed by atoms with E-state index in [0.29, 0.717) is 39.4 Å². The monoisotopic (exact) mass is 426 g/mol. The predicted molar refractivity (Wildman–Crippen MR) is 110 cm³/mol. The topological polar surface area (TPSA) is 64.2 Å². The molecule has 0 aliphatic rings. The zero-order valence-electron chi connectivity index (χ0n) is 16.4. The molecule has 158 valence electrons. The molecular formula is C23H17F3N2O3. The predicted octanol–water partition coefficient (Wildman–Crippen LogP) is 5.20. The lowest BCUT2D eigenvalue weighted by Gasteiger charge is -2.13. The minimum absolute atomic E-state index is 0.0919. The summed E-state index contributed by atoms with van der Waals surface area (Å²) in [6.45, 7) is -0.0919. The largest absolute Gasteiger partial charge is 0.493 e. The molecule has 31 heavy (non-hydrogen) atoms. The molecule has 0 aliphatic carbocycles.